The normalized spacial score (nSPS) is 12.6. The summed E-state index contributed by atoms with van der Waals surface area (Å²) in [6.45, 7) is 3.28. The van der Waals surface area contributed by atoms with Gasteiger partial charge < -0.3 is 20.7 Å². The SMILES string of the molecule is CCCCC(C=O)NC(=O)C(C)NC(=O)CNC(=O)c1ccccc1. The summed E-state index contributed by atoms with van der Waals surface area (Å²) in [6.07, 6.45) is 3.02. The van der Waals surface area contributed by atoms with E-state index in [1.807, 2.05) is 6.92 Å². The van der Waals surface area contributed by atoms with E-state index in [0.29, 0.717) is 18.3 Å². The minimum atomic E-state index is -0.801. The number of aldehydes is 1. The van der Waals surface area contributed by atoms with Crippen LogP contribution in [0.25, 0.3) is 0 Å². The molecular weight excluding hydrogens is 322 g/mol. The maximum absolute atomic E-state index is 12.0. The molecule has 7 heteroatoms. The van der Waals surface area contributed by atoms with Gasteiger partial charge in [0.25, 0.3) is 5.91 Å². The van der Waals surface area contributed by atoms with Crippen LogP contribution in [0.4, 0.5) is 0 Å². The molecule has 136 valence electrons. The molecule has 3 amide bonds. The number of rotatable bonds is 10. The Hall–Kier alpha value is -2.70. The Balaban J connectivity index is 2.38. The quantitative estimate of drug-likeness (QED) is 0.544. The van der Waals surface area contributed by atoms with Crippen molar-refractivity contribution in [3.8, 4) is 0 Å². The molecule has 25 heavy (non-hydrogen) atoms. The van der Waals surface area contributed by atoms with Gasteiger partial charge in [0.1, 0.15) is 12.3 Å². The van der Waals surface area contributed by atoms with E-state index in [1.165, 1.54) is 6.92 Å². The topological polar surface area (TPSA) is 104 Å². The highest BCUT2D eigenvalue weighted by Gasteiger charge is 2.19. The van der Waals surface area contributed by atoms with Gasteiger partial charge in [0.2, 0.25) is 11.8 Å². The number of carbonyl (C=O) groups excluding carboxylic acids is 4. The predicted octanol–water partition coefficient (Wildman–Crippen LogP) is 0.795. The summed E-state index contributed by atoms with van der Waals surface area (Å²) < 4.78 is 0. The molecule has 0 fully saturated rings. The fourth-order valence-electron chi connectivity index (χ4n) is 2.12. The van der Waals surface area contributed by atoms with Crippen molar-refractivity contribution < 1.29 is 19.2 Å². The maximum Gasteiger partial charge on any atom is 0.251 e. The first-order chi connectivity index (χ1) is 12.0. The molecule has 0 aliphatic carbocycles. The second-order valence-electron chi connectivity index (χ2n) is 5.73. The number of carbonyl (C=O) groups is 4. The van der Waals surface area contributed by atoms with E-state index >= 15 is 0 Å². The van der Waals surface area contributed by atoms with E-state index in [2.05, 4.69) is 16.0 Å². The van der Waals surface area contributed by atoms with Gasteiger partial charge in [-0.15, -0.1) is 0 Å². The highest BCUT2D eigenvalue weighted by Crippen LogP contribution is 1.99. The number of benzene rings is 1. The molecule has 0 aromatic heterocycles. The molecule has 1 aromatic rings. The Morgan fingerprint density at radius 2 is 1.80 bits per heavy atom. The summed E-state index contributed by atoms with van der Waals surface area (Å²) >= 11 is 0. The number of nitrogens with one attached hydrogen (secondary N) is 3. The van der Waals surface area contributed by atoms with Gasteiger partial charge in [-0.2, -0.15) is 0 Å². The zero-order chi connectivity index (χ0) is 18.7. The lowest BCUT2D eigenvalue weighted by Crippen LogP contribution is -2.50. The summed E-state index contributed by atoms with van der Waals surface area (Å²) in [5.41, 5.74) is 0.450. The summed E-state index contributed by atoms with van der Waals surface area (Å²) in [7, 11) is 0. The number of unbranched alkanes of at least 4 members (excludes halogenated alkanes) is 1. The van der Waals surface area contributed by atoms with Crippen molar-refractivity contribution in [1.29, 1.82) is 0 Å². The third-order valence-corrected chi connectivity index (χ3v) is 3.58. The average Bonchev–Trinajstić information content (AvgIpc) is 2.63. The number of hydrogen-bond acceptors (Lipinski definition) is 4. The Morgan fingerprint density at radius 1 is 1.12 bits per heavy atom. The Kier molecular flexibility index (Phi) is 8.92. The average molecular weight is 347 g/mol. The van der Waals surface area contributed by atoms with E-state index < -0.39 is 23.9 Å². The molecule has 2 unspecified atom stereocenters. The van der Waals surface area contributed by atoms with Gasteiger partial charge in [-0.3, -0.25) is 14.4 Å². The van der Waals surface area contributed by atoms with Gasteiger partial charge in [-0.25, -0.2) is 0 Å². The summed E-state index contributed by atoms with van der Waals surface area (Å²) in [5, 5.41) is 7.56. The van der Waals surface area contributed by atoms with Crippen LogP contribution in [0.5, 0.6) is 0 Å². The van der Waals surface area contributed by atoms with E-state index in [4.69, 9.17) is 0 Å². The van der Waals surface area contributed by atoms with Gasteiger partial charge >= 0.3 is 0 Å². The Bertz CT molecular complexity index is 589. The van der Waals surface area contributed by atoms with Crippen molar-refractivity contribution in [3.63, 3.8) is 0 Å². The van der Waals surface area contributed by atoms with E-state index in [9.17, 15) is 19.2 Å². The standard InChI is InChI=1S/C18H25N3O4/c1-3-4-10-15(12-22)21-17(24)13(2)20-16(23)11-19-18(25)14-8-6-5-7-9-14/h5-9,12-13,15H,3-4,10-11H2,1-2H3,(H,19,25)(H,20,23)(H,21,24). The predicted molar refractivity (Wildman–Crippen MR) is 93.9 cm³/mol. The van der Waals surface area contributed by atoms with Crippen LogP contribution in [-0.2, 0) is 14.4 Å². The molecule has 1 aromatic carbocycles. The van der Waals surface area contributed by atoms with Crippen molar-refractivity contribution in [3.05, 3.63) is 35.9 Å². The third-order valence-electron chi connectivity index (χ3n) is 3.58. The first-order valence-corrected chi connectivity index (χ1v) is 8.36. The van der Waals surface area contributed by atoms with Crippen molar-refractivity contribution in [2.75, 3.05) is 6.54 Å². The summed E-state index contributed by atoms with van der Waals surface area (Å²) in [4.78, 5) is 46.6. The molecule has 7 nitrogen and oxygen atoms in total. The molecule has 2 atom stereocenters. The first-order valence-electron chi connectivity index (χ1n) is 8.36. The molecule has 3 N–H and O–H groups in total. The Labute approximate surface area is 147 Å². The van der Waals surface area contributed by atoms with Crippen LogP contribution in [-0.4, -0.2) is 42.6 Å². The lowest BCUT2D eigenvalue weighted by atomic mass is 10.1. The zero-order valence-corrected chi connectivity index (χ0v) is 14.6. The fraction of sp³-hybridized carbons (Fsp3) is 0.444. The molecule has 0 saturated carbocycles. The van der Waals surface area contributed by atoms with Crippen molar-refractivity contribution in [2.24, 2.45) is 0 Å². The molecular formula is C18H25N3O4. The van der Waals surface area contributed by atoms with Crippen LogP contribution in [0.3, 0.4) is 0 Å². The fourth-order valence-corrected chi connectivity index (χ4v) is 2.12. The van der Waals surface area contributed by atoms with Crippen molar-refractivity contribution in [1.82, 2.24) is 16.0 Å². The van der Waals surface area contributed by atoms with Crippen LogP contribution in [0.2, 0.25) is 0 Å². The maximum atomic E-state index is 12.0. The second-order valence-corrected chi connectivity index (χ2v) is 5.73. The highest BCUT2D eigenvalue weighted by molar-refractivity contribution is 5.97. The van der Waals surface area contributed by atoms with Crippen LogP contribution in [0, 0.1) is 0 Å². The van der Waals surface area contributed by atoms with Crippen LogP contribution in [0.1, 0.15) is 43.5 Å². The zero-order valence-electron chi connectivity index (χ0n) is 14.6. The monoisotopic (exact) mass is 347 g/mol. The van der Waals surface area contributed by atoms with Crippen LogP contribution in [0.15, 0.2) is 30.3 Å². The minimum Gasteiger partial charge on any atom is -0.345 e. The largest absolute Gasteiger partial charge is 0.345 e. The number of hydrogen-bond donors (Lipinski definition) is 3. The van der Waals surface area contributed by atoms with E-state index in [-0.39, 0.29) is 12.5 Å². The van der Waals surface area contributed by atoms with Gasteiger partial charge in [-0.1, -0.05) is 38.0 Å². The molecule has 0 radical (unpaired) electrons. The lowest BCUT2D eigenvalue weighted by Gasteiger charge is -2.17. The molecule has 0 aliphatic rings. The smallest absolute Gasteiger partial charge is 0.251 e. The first kappa shape index (κ1) is 20.3. The lowest BCUT2D eigenvalue weighted by molar-refractivity contribution is -0.129. The molecule has 0 saturated heterocycles. The summed E-state index contributed by atoms with van der Waals surface area (Å²) in [5.74, 6) is -1.28. The van der Waals surface area contributed by atoms with Gasteiger partial charge in [0, 0.05) is 5.56 Å². The Morgan fingerprint density at radius 3 is 2.40 bits per heavy atom. The van der Waals surface area contributed by atoms with Gasteiger partial charge in [0.05, 0.1) is 12.6 Å². The minimum absolute atomic E-state index is 0.238. The highest BCUT2D eigenvalue weighted by atomic mass is 16.2. The molecule has 0 aliphatic heterocycles. The van der Waals surface area contributed by atoms with Gasteiger partial charge in [0.15, 0.2) is 0 Å². The van der Waals surface area contributed by atoms with Crippen LogP contribution < -0.4 is 16.0 Å². The second kappa shape index (κ2) is 11.0. The van der Waals surface area contributed by atoms with Crippen molar-refractivity contribution in [2.45, 2.75) is 45.2 Å². The van der Waals surface area contributed by atoms with Crippen LogP contribution >= 0.6 is 0 Å². The van der Waals surface area contributed by atoms with E-state index in [0.717, 1.165) is 12.8 Å². The number of amides is 3. The van der Waals surface area contributed by atoms with Gasteiger partial charge in [-0.05, 0) is 25.5 Å². The summed E-state index contributed by atoms with van der Waals surface area (Å²) in [6, 6.07) is 7.16. The van der Waals surface area contributed by atoms with Crippen molar-refractivity contribution >= 4 is 24.0 Å². The van der Waals surface area contributed by atoms with E-state index in [1.54, 1.807) is 30.3 Å². The molecule has 0 heterocycles. The third kappa shape index (κ3) is 7.60. The molecule has 1 rings (SSSR count). The molecule has 0 bridgehead atoms. The molecule has 0 spiro atoms.